The molecule has 0 saturated carbocycles. The molecule has 0 atom stereocenters. The Bertz CT molecular complexity index is 379. The van der Waals surface area contributed by atoms with Crippen molar-refractivity contribution < 1.29 is 14.3 Å². The van der Waals surface area contributed by atoms with Gasteiger partial charge in [-0.15, -0.1) is 0 Å². The second kappa shape index (κ2) is 6.08. The first-order chi connectivity index (χ1) is 7.70. The van der Waals surface area contributed by atoms with Crippen molar-refractivity contribution >= 4 is 11.5 Å². The van der Waals surface area contributed by atoms with Crippen molar-refractivity contribution in [2.45, 2.75) is 6.92 Å². The van der Waals surface area contributed by atoms with E-state index in [2.05, 4.69) is 0 Å². The predicted octanol–water partition coefficient (Wildman–Crippen LogP) is 2.28. The summed E-state index contributed by atoms with van der Waals surface area (Å²) in [4.78, 5) is 11.5. The molecule has 0 radical (unpaired) electrons. The number of carbonyl (C=O) groups is 1. The van der Waals surface area contributed by atoms with Crippen molar-refractivity contribution in [3.8, 4) is 0 Å². The average molecular weight is 220 g/mol. The van der Waals surface area contributed by atoms with Crippen LogP contribution in [0.5, 0.6) is 0 Å². The minimum absolute atomic E-state index is 0.323. The molecule has 0 spiro atoms. The van der Waals surface area contributed by atoms with E-state index in [1.165, 1.54) is 7.11 Å². The van der Waals surface area contributed by atoms with Gasteiger partial charge in [0, 0.05) is 12.7 Å². The Kier molecular flexibility index (Phi) is 4.73. The fourth-order valence-corrected chi connectivity index (χ4v) is 1.47. The van der Waals surface area contributed by atoms with E-state index in [0.717, 1.165) is 11.1 Å². The van der Waals surface area contributed by atoms with Gasteiger partial charge in [-0.2, -0.15) is 0 Å². The van der Waals surface area contributed by atoms with Gasteiger partial charge >= 0.3 is 5.97 Å². The standard InChI is InChI=1S/C13H16O3/c1-10(13(14)16-3)12(9-15-2)11-7-5-4-6-8-11/h4-8H,9H2,1-3H3/b12-10+. The maximum atomic E-state index is 11.5. The molecule has 1 rings (SSSR count). The van der Waals surface area contributed by atoms with Gasteiger partial charge in [0.1, 0.15) is 0 Å². The van der Waals surface area contributed by atoms with Gasteiger partial charge in [0.25, 0.3) is 0 Å². The normalized spacial score (nSPS) is 11.9. The molecule has 0 bridgehead atoms. The number of methoxy groups -OCH3 is 2. The molecule has 0 fully saturated rings. The van der Waals surface area contributed by atoms with Crippen molar-refractivity contribution in [3.05, 3.63) is 41.5 Å². The molecule has 0 heterocycles. The highest BCUT2D eigenvalue weighted by Crippen LogP contribution is 2.19. The highest BCUT2D eigenvalue weighted by atomic mass is 16.5. The summed E-state index contributed by atoms with van der Waals surface area (Å²) in [7, 11) is 2.98. The lowest BCUT2D eigenvalue weighted by Crippen LogP contribution is -2.07. The van der Waals surface area contributed by atoms with E-state index in [9.17, 15) is 4.79 Å². The molecule has 3 nitrogen and oxygen atoms in total. The largest absolute Gasteiger partial charge is 0.466 e. The number of benzene rings is 1. The van der Waals surface area contributed by atoms with Crippen LogP contribution in [0.3, 0.4) is 0 Å². The third-order valence-corrected chi connectivity index (χ3v) is 2.36. The number of esters is 1. The number of carbonyl (C=O) groups excluding carboxylic acids is 1. The van der Waals surface area contributed by atoms with Gasteiger partial charge in [-0.25, -0.2) is 4.79 Å². The molecule has 0 aliphatic heterocycles. The minimum atomic E-state index is -0.323. The lowest BCUT2D eigenvalue weighted by molar-refractivity contribution is -0.136. The maximum absolute atomic E-state index is 11.5. The highest BCUT2D eigenvalue weighted by molar-refractivity contribution is 5.97. The molecule has 0 N–H and O–H groups in total. The van der Waals surface area contributed by atoms with E-state index in [-0.39, 0.29) is 5.97 Å². The maximum Gasteiger partial charge on any atom is 0.333 e. The number of hydrogen-bond donors (Lipinski definition) is 0. The first-order valence-electron chi connectivity index (χ1n) is 5.03. The molecule has 0 unspecified atom stereocenters. The first-order valence-corrected chi connectivity index (χ1v) is 5.03. The average Bonchev–Trinajstić information content (AvgIpc) is 2.35. The first kappa shape index (κ1) is 12.5. The van der Waals surface area contributed by atoms with Gasteiger partial charge in [0.2, 0.25) is 0 Å². The van der Waals surface area contributed by atoms with Crippen molar-refractivity contribution in [2.75, 3.05) is 20.8 Å². The molecular formula is C13H16O3. The molecule has 0 aliphatic rings. The van der Waals surface area contributed by atoms with E-state index in [0.29, 0.717) is 12.2 Å². The molecule has 3 heteroatoms. The van der Waals surface area contributed by atoms with Crippen LogP contribution >= 0.6 is 0 Å². The third-order valence-electron chi connectivity index (χ3n) is 2.36. The van der Waals surface area contributed by atoms with Gasteiger partial charge in [-0.1, -0.05) is 30.3 Å². The minimum Gasteiger partial charge on any atom is -0.466 e. The van der Waals surface area contributed by atoms with Crippen LogP contribution in [-0.2, 0) is 14.3 Å². The monoisotopic (exact) mass is 220 g/mol. The second-order valence-corrected chi connectivity index (χ2v) is 3.39. The molecular weight excluding hydrogens is 204 g/mol. The summed E-state index contributed by atoms with van der Waals surface area (Å²) in [5.41, 5.74) is 2.41. The Labute approximate surface area is 95.7 Å². The van der Waals surface area contributed by atoms with E-state index in [1.807, 2.05) is 30.3 Å². The molecule has 0 aromatic heterocycles. The summed E-state index contributed by atoms with van der Waals surface area (Å²) in [5, 5.41) is 0. The zero-order chi connectivity index (χ0) is 12.0. The topological polar surface area (TPSA) is 35.5 Å². The SMILES string of the molecule is COC/C(=C(/C)C(=O)OC)c1ccccc1. The summed E-state index contributed by atoms with van der Waals surface area (Å²) in [6.07, 6.45) is 0. The molecule has 1 aromatic rings. The summed E-state index contributed by atoms with van der Waals surface area (Å²) in [6.45, 7) is 2.14. The molecule has 1 aromatic carbocycles. The summed E-state index contributed by atoms with van der Waals surface area (Å²) in [5.74, 6) is -0.323. The number of hydrogen-bond acceptors (Lipinski definition) is 3. The smallest absolute Gasteiger partial charge is 0.333 e. The highest BCUT2D eigenvalue weighted by Gasteiger charge is 2.12. The van der Waals surface area contributed by atoms with E-state index in [4.69, 9.17) is 9.47 Å². The van der Waals surface area contributed by atoms with Gasteiger partial charge < -0.3 is 9.47 Å². The van der Waals surface area contributed by atoms with Crippen LogP contribution < -0.4 is 0 Å². The van der Waals surface area contributed by atoms with Crippen LogP contribution in [0.1, 0.15) is 12.5 Å². The second-order valence-electron chi connectivity index (χ2n) is 3.39. The van der Waals surface area contributed by atoms with Gasteiger partial charge in [-0.05, 0) is 18.1 Å². The molecule has 0 saturated heterocycles. The molecule has 0 amide bonds. The number of rotatable bonds is 4. The Balaban J connectivity index is 3.13. The summed E-state index contributed by atoms with van der Waals surface area (Å²) >= 11 is 0. The lowest BCUT2D eigenvalue weighted by Gasteiger charge is -2.10. The van der Waals surface area contributed by atoms with Crippen LogP contribution in [-0.4, -0.2) is 26.8 Å². The summed E-state index contributed by atoms with van der Waals surface area (Å²) in [6, 6.07) is 9.67. The van der Waals surface area contributed by atoms with E-state index in [1.54, 1.807) is 14.0 Å². The van der Waals surface area contributed by atoms with Crippen LogP contribution in [0.4, 0.5) is 0 Å². The van der Waals surface area contributed by atoms with E-state index >= 15 is 0 Å². The molecule has 0 aliphatic carbocycles. The predicted molar refractivity (Wildman–Crippen MR) is 62.9 cm³/mol. The fraction of sp³-hybridized carbons (Fsp3) is 0.308. The zero-order valence-electron chi connectivity index (χ0n) is 9.82. The van der Waals surface area contributed by atoms with Crippen LogP contribution in [0.15, 0.2) is 35.9 Å². The number of ether oxygens (including phenoxy) is 2. The van der Waals surface area contributed by atoms with Crippen molar-refractivity contribution in [1.29, 1.82) is 0 Å². The van der Waals surface area contributed by atoms with Gasteiger partial charge in [0.05, 0.1) is 13.7 Å². The Morgan fingerprint density at radius 2 is 1.81 bits per heavy atom. The van der Waals surface area contributed by atoms with E-state index < -0.39 is 0 Å². The Morgan fingerprint density at radius 3 is 2.31 bits per heavy atom. The van der Waals surface area contributed by atoms with Gasteiger partial charge in [-0.3, -0.25) is 0 Å². The van der Waals surface area contributed by atoms with Crippen LogP contribution in [0.25, 0.3) is 5.57 Å². The lowest BCUT2D eigenvalue weighted by atomic mass is 10.0. The summed E-state index contributed by atoms with van der Waals surface area (Å²) < 4.78 is 9.82. The van der Waals surface area contributed by atoms with Crippen LogP contribution in [0, 0.1) is 0 Å². The van der Waals surface area contributed by atoms with Crippen molar-refractivity contribution in [3.63, 3.8) is 0 Å². The fourth-order valence-electron chi connectivity index (χ4n) is 1.47. The third kappa shape index (κ3) is 2.94. The molecule has 16 heavy (non-hydrogen) atoms. The van der Waals surface area contributed by atoms with Gasteiger partial charge in [0.15, 0.2) is 0 Å². The quantitative estimate of drug-likeness (QED) is 0.577. The van der Waals surface area contributed by atoms with Crippen molar-refractivity contribution in [2.24, 2.45) is 0 Å². The Hall–Kier alpha value is -1.61. The van der Waals surface area contributed by atoms with Crippen molar-refractivity contribution in [1.82, 2.24) is 0 Å². The zero-order valence-corrected chi connectivity index (χ0v) is 9.82. The van der Waals surface area contributed by atoms with Crippen LogP contribution in [0.2, 0.25) is 0 Å². The molecule has 86 valence electrons. The Morgan fingerprint density at radius 1 is 1.19 bits per heavy atom.